The van der Waals surface area contributed by atoms with Crippen LogP contribution in [0.1, 0.15) is 5.56 Å². The monoisotopic (exact) mass is 443 g/mol. The minimum Gasteiger partial charge on any atom is -0.354 e. The van der Waals surface area contributed by atoms with Gasteiger partial charge in [-0.25, -0.2) is 0 Å². The van der Waals surface area contributed by atoms with Crippen LogP contribution >= 0.6 is 7.92 Å². The normalized spacial score (nSPS) is 10.8. The molecule has 1 nitrogen and oxygen atoms in total. The molecular formula is C31H26NP. The molecule has 0 aromatic heterocycles. The van der Waals surface area contributed by atoms with Crippen LogP contribution in [0.4, 0.5) is 11.4 Å². The molecule has 0 amide bonds. The quantitative estimate of drug-likeness (QED) is 0.275. The average molecular weight is 444 g/mol. The van der Waals surface area contributed by atoms with E-state index in [1.807, 2.05) is 0 Å². The second-order valence-corrected chi connectivity index (χ2v) is 10.2. The van der Waals surface area contributed by atoms with E-state index in [2.05, 4.69) is 146 Å². The van der Waals surface area contributed by atoms with Crippen molar-refractivity contribution < 1.29 is 0 Å². The Labute approximate surface area is 197 Å². The molecule has 0 fully saturated rings. The first-order valence-corrected chi connectivity index (χ1v) is 12.6. The molecule has 0 unspecified atom stereocenters. The van der Waals surface area contributed by atoms with Crippen molar-refractivity contribution in [2.45, 2.75) is 6.92 Å². The summed E-state index contributed by atoms with van der Waals surface area (Å²) in [6.45, 7) is 2.16. The molecular weight excluding hydrogens is 417 g/mol. The Bertz CT molecular complexity index is 1290. The molecule has 0 radical (unpaired) electrons. The van der Waals surface area contributed by atoms with Crippen molar-refractivity contribution >= 4 is 35.2 Å². The van der Waals surface area contributed by atoms with Crippen LogP contribution < -0.4 is 21.2 Å². The standard InChI is InChI=1S/C31H26NP/c1-24-14-11-12-22-29(24)32-31-28(25-15-5-2-6-16-25)21-13-23-30(31)33(26-17-7-3-8-18-26)27-19-9-4-10-20-27/h2-23,32H,1H3. The van der Waals surface area contributed by atoms with Gasteiger partial charge in [0, 0.05) is 16.6 Å². The van der Waals surface area contributed by atoms with Gasteiger partial charge in [0.2, 0.25) is 0 Å². The summed E-state index contributed by atoms with van der Waals surface area (Å²) in [7, 11) is -0.742. The zero-order chi connectivity index (χ0) is 22.5. The maximum Gasteiger partial charge on any atom is 0.0548 e. The van der Waals surface area contributed by atoms with E-state index in [1.54, 1.807) is 0 Å². The van der Waals surface area contributed by atoms with Gasteiger partial charge in [-0.2, -0.15) is 0 Å². The molecule has 0 bridgehead atoms. The fourth-order valence-corrected chi connectivity index (χ4v) is 6.58. The Hall–Kier alpha value is -3.67. The van der Waals surface area contributed by atoms with Gasteiger partial charge in [0.25, 0.3) is 0 Å². The zero-order valence-electron chi connectivity index (χ0n) is 18.6. The highest BCUT2D eigenvalue weighted by atomic mass is 31.1. The molecule has 0 spiro atoms. The van der Waals surface area contributed by atoms with Crippen molar-refractivity contribution in [3.8, 4) is 11.1 Å². The van der Waals surface area contributed by atoms with Crippen molar-refractivity contribution in [3.05, 3.63) is 139 Å². The van der Waals surface area contributed by atoms with Crippen LogP contribution in [-0.4, -0.2) is 0 Å². The van der Waals surface area contributed by atoms with Crippen molar-refractivity contribution in [1.29, 1.82) is 0 Å². The van der Waals surface area contributed by atoms with E-state index >= 15 is 0 Å². The number of hydrogen-bond donors (Lipinski definition) is 1. The predicted octanol–water partition coefficient (Wildman–Crippen LogP) is 7.16. The first-order valence-electron chi connectivity index (χ1n) is 11.2. The third kappa shape index (κ3) is 4.60. The number of anilines is 2. The van der Waals surface area contributed by atoms with Crippen LogP contribution in [0.25, 0.3) is 11.1 Å². The summed E-state index contributed by atoms with van der Waals surface area (Å²) in [6, 6.07) is 47.7. The molecule has 5 aromatic rings. The molecule has 160 valence electrons. The van der Waals surface area contributed by atoms with Crippen molar-refractivity contribution in [1.82, 2.24) is 0 Å². The maximum absolute atomic E-state index is 3.84. The summed E-state index contributed by atoms with van der Waals surface area (Å²) in [4.78, 5) is 0. The number of rotatable bonds is 6. The molecule has 0 heterocycles. The highest BCUT2D eigenvalue weighted by Crippen LogP contribution is 2.40. The van der Waals surface area contributed by atoms with Crippen molar-refractivity contribution in [3.63, 3.8) is 0 Å². The average Bonchev–Trinajstić information content (AvgIpc) is 2.88. The smallest absolute Gasteiger partial charge is 0.0548 e. The van der Waals surface area contributed by atoms with E-state index in [1.165, 1.54) is 38.3 Å². The molecule has 5 aromatic carbocycles. The summed E-state index contributed by atoms with van der Waals surface area (Å²) < 4.78 is 0. The lowest BCUT2D eigenvalue weighted by Crippen LogP contribution is -2.23. The van der Waals surface area contributed by atoms with Gasteiger partial charge in [0.15, 0.2) is 0 Å². The molecule has 0 saturated carbocycles. The van der Waals surface area contributed by atoms with Crippen LogP contribution in [0.2, 0.25) is 0 Å². The highest BCUT2D eigenvalue weighted by molar-refractivity contribution is 7.80. The fourth-order valence-electron chi connectivity index (χ4n) is 4.15. The number of aryl methyl sites for hydroxylation is 1. The van der Waals surface area contributed by atoms with Gasteiger partial charge >= 0.3 is 0 Å². The van der Waals surface area contributed by atoms with Gasteiger partial charge in [-0.15, -0.1) is 0 Å². The van der Waals surface area contributed by atoms with Crippen molar-refractivity contribution in [2.24, 2.45) is 0 Å². The predicted molar refractivity (Wildman–Crippen MR) is 145 cm³/mol. The number of nitrogens with one attached hydrogen (secondary N) is 1. The van der Waals surface area contributed by atoms with Gasteiger partial charge in [-0.1, -0.05) is 127 Å². The Morgan fingerprint density at radius 1 is 0.515 bits per heavy atom. The Balaban J connectivity index is 1.76. The summed E-state index contributed by atoms with van der Waals surface area (Å²) in [5, 5.41) is 7.86. The fraction of sp³-hybridized carbons (Fsp3) is 0.0323. The lowest BCUT2D eigenvalue weighted by atomic mass is 10.0. The lowest BCUT2D eigenvalue weighted by Gasteiger charge is -2.25. The molecule has 5 rings (SSSR count). The Kier molecular flexibility index (Phi) is 6.33. The lowest BCUT2D eigenvalue weighted by molar-refractivity contribution is 1.44. The summed E-state index contributed by atoms with van der Waals surface area (Å²) in [5.41, 5.74) is 5.98. The van der Waals surface area contributed by atoms with Gasteiger partial charge < -0.3 is 5.32 Å². The number of benzene rings is 5. The largest absolute Gasteiger partial charge is 0.354 e. The minimum absolute atomic E-state index is 0.742. The van der Waals surface area contributed by atoms with E-state index in [9.17, 15) is 0 Å². The van der Waals surface area contributed by atoms with Gasteiger partial charge in [-0.05, 0) is 42.6 Å². The third-order valence-corrected chi connectivity index (χ3v) is 8.29. The third-order valence-electron chi connectivity index (χ3n) is 5.80. The molecule has 0 saturated heterocycles. The number of hydrogen-bond acceptors (Lipinski definition) is 1. The molecule has 0 aliphatic rings. The van der Waals surface area contributed by atoms with E-state index in [0.717, 1.165) is 5.69 Å². The first-order chi connectivity index (χ1) is 16.3. The Morgan fingerprint density at radius 3 is 1.67 bits per heavy atom. The van der Waals surface area contributed by atoms with Crippen LogP contribution in [0, 0.1) is 6.92 Å². The van der Waals surface area contributed by atoms with Crippen LogP contribution in [0.15, 0.2) is 133 Å². The first kappa shape index (κ1) is 21.2. The van der Waals surface area contributed by atoms with Gasteiger partial charge in [-0.3, -0.25) is 0 Å². The van der Waals surface area contributed by atoms with Crippen LogP contribution in [-0.2, 0) is 0 Å². The van der Waals surface area contributed by atoms with E-state index in [4.69, 9.17) is 0 Å². The molecule has 2 heteroatoms. The summed E-state index contributed by atoms with van der Waals surface area (Å²) in [6.07, 6.45) is 0. The minimum atomic E-state index is -0.742. The molecule has 0 aliphatic carbocycles. The Morgan fingerprint density at radius 2 is 1.06 bits per heavy atom. The SMILES string of the molecule is Cc1ccccc1Nc1c(-c2ccccc2)cccc1P(c1ccccc1)c1ccccc1. The topological polar surface area (TPSA) is 12.0 Å². The molecule has 33 heavy (non-hydrogen) atoms. The van der Waals surface area contributed by atoms with E-state index in [0.29, 0.717) is 0 Å². The van der Waals surface area contributed by atoms with Gasteiger partial charge in [0.1, 0.15) is 0 Å². The van der Waals surface area contributed by atoms with Crippen molar-refractivity contribution in [2.75, 3.05) is 5.32 Å². The van der Waals surface area contributed by atoms with E-state index < -0.39 is 7.92 Å². The second kappa shape index (κ2) is 9.86. The zero-order valence-corrected chi connectivity index (χ0v) is 19.5. The van der Waals surface area contributed by atoms with Crippen LogP contribution in [0.3, 0.4) is 0 Å². The summed E-state index contributed by atoms with van der Waals surface area (Å²) >= 11 is 0. The molecule has 0 atom stereocenters. The maximum atomic E-state index is 3.84. The molecule has 1 N–H and O–H groups in total. The van der Waals surface area contributed by atoms with Crippen LogP contribution in [0.5, 0.6) is 0 Å². The van der Waals surface area contributed by atoms with E-state index in [-0.39, 0.29) is 0 Å². The molecule has 0 aliphatic heterocycles. The summed E-state index contributed by atoms with van der Waals surface area (Å²) in [5.74, 6) is 0. The number of para-hydroxylation sites is 2. The van der Waals surface area contributed by atoms with Gasteiger partial charge in [0.05, 0.1) is 5.69 Å². The second-order valence-electron chi connectivity index (χ2n) is 8.01. The highest BCUT2D eigenvalue weighted by Gasteiger charge is 2.22.